The first kappa shape index (κ1) is 18.5. The van der Waals surface area contributed by atoms with E-state index >= 15 is 0 Å². The Bertz CT molecular complexity index is 1430. The number of nitrogens with zero attached hydrogens (tertiary/aromatic N) is 5. The lowest BCUT2D eigenvalue weighted by Gasteiger charge is -2.06. The average Bonchev–Trinajstić information content (AvgIpc) is 3.41. The van der Waals surface area contributed by atoms with Gasteiger partial charge in [-0.25, -0.2) is 9.48 Å². The molecule has 5 rings (SSSR count). The van der Waals surface area contributed by atoms with Crippen molar-refractivity contribution in [1.82, 2.24) is 24.3 Å². The van der Waals surface area contributed by atoms with Gasteiger partial charge in [0.15, 0.2) is 17.1 Å². The molecule has 0 atom stereocenters. The molecule has 1 aromatic carbocycles. The zero-order chi connectivity index (χ0) is 21.2. The number of amides is 1. The van der Waals surface area contributed by atoms with Crippen LogP contribution < -0.4 is 11.0 Å². The third-order valence-electron chi connectivity index (χ3n) is 4.71. The van der Waals surface area contributed by atoms with Crippen molar-refractivity contribution in [2.75, 3.05) is 5.32 Å². The van der Waals surface area contributed by atoms with Gasteiger partial charge in [-0.15, -0.1) is 5.10 Å². The monoisotopic (exact) mass is 412 g/mol. The first-order chi connectivity index (χ1) is 15.2. The molecule has 0 saturated heterocycles. The molecule has 0 radical (unpaired) electrons. The van der Waals surface area contributed by atoms with Crippen molar-refractivity contribution < 1.29 is 9.32 Å². The van der Waals surface area contributed by atoms with Gasteiger partial charge in [0.1, 0.15) is 0 Å². The van der Waals surface area contributed by atoms with E-state index in [4.69, 9.17) is 4.52 Å². The van der Waals surface area contributed by atoms with Gasteiger partial charge in [0.2, 0.25) is 0 Å². The van der Waals surface area contributed by atoms with E-state index < -0.39 is 5.91 Å². The first-order valence-corrected chi connectivity index (χ1v) is 9.49. The number of benzene rings is 1. The lowest BCUT2D eigenvalue weighted by atomic mass is 10.2. The lowest BCUT2D eigenvalue weighted by molar-refractivity contribution is 0.101. The maximum absolute atomic E-state index is 12.6. The standard InChI is InChI=1S/C22H16N6O3/c29-21(18-13-19(31-26-18)16-7-9-23-10-8-16)24-17-5-3-4-15(12-17)14-28-22(30)27-11-2-1-6-20(27)25-28/h1-13H,14H2,(H,24,29). The quantitative estimate of drug-likeness (QED) is 0.476. The number of aromatic nitrogens is 5. The van der Waals surface area contributed by atoms with Crippen molar-refractivity contribution in [3.05, 3.63) is 101 Å². The van der Waals surface area contributed by atoms with Crippen LogP contribution in [-0.4, -0.2) is 30.2 Å². The molecule has 9 heteroatoms. The minimum absolute atomic E-state index is 0.161. The molecule has 1 amide bonds. The van der Waals surface area contributed by atoms with Gasteiger partial charge < -0.3 is 9.84 Å². The van der Waals surface area contributed by atoms with Crippen molar-refractivity contribution in [2.24, 2.45) is 0 Å². The van der Waals surface area contributed by atoms with Crippen molar-refractivity contribution in [3.8, 4) is 11.3 Å². The van der Waals surface area contributed by atoms with Crippen LogP contribution in [0.3, 0.4) is 0 Å². The van der Waals surface area contributed by atoms with Crippen LogP contribution in [0.4, 0.5) is 5.69 Å². The highest BCUT2D eigenvalue weighted by molar-refractivity contribution is 6.03. The average molecular weight is 412 g/mol. The minimum Gasteiger partial charge on any atom is -0.355 e. The molecule has 0 spiro atoms. The second kappa shape index (κ2) is 7.71. The van der Waals surface area contributed by atoms with Crippen molar-refractivity contribution in [3.63, 3.8) is 0 Å². The molecule has 0 unspecified atom stereocenters. The summed E-state index contributed by atoms with van der Waals surface area (Å²) < 4.78 is 8.13. The van der Waals surface area contributed by atoms with E-state index in [1.165, 1.54) is 9.08 Å². The molecule has 0 fully saturated rings. The molecule has 5 aromatic rings. The zero-order valence-corrected chi connectivity index (χ0v) is 16.2. The SMILES string of the molecule is O=C(Nc1cccc(Cn2nc3ccccn3c2=O)c1)c1cc(-c2ccncc2)on1. The third kappa shape index (κ3) is 3.71. The topological polar surface area (TPSA) is 107 Å². The summed E-state index contributed by atoms with van der Waals surface area (Å²) in [6, 6.07) is 17.7. The van der Waals surface area contributed by atoms with E-state index in [1.807, 2.05) is 12.1 Å². The van der Waals surface area contributed by atoms with Crippen molar-refractivity contribution in [1.29, 1.82) is 0 Å². The molecule has 9 nitrogen and oxygen atoms in total. The van der Waals surface area contributed by atoms with E-state index in [9.17, 15) is 9.59 Å². The summed E-state index contributed by atoms with van der Waals surface area (Å²) in [4.78, 5) is 29.0. The highest BCUT2D eigenvalue weighted by atomic mass is 16.5. The van der Waals surface area contributed by atoms with Crippen molar-refractivity contribution >= 4 is 17.2 Å². The smallest absolute Gasteiger partial charge is 0.350 e. The van der Waals surface area contributed by atoms with Crippen molar-refractivity contribution in [2.45, 2.75) is 6.54 Å². The molecule has 152 valence electrons. The number of rotatable bonds is 5. The van der Waals surface area contributed by atoms with Gasteiger partial charge in [0, 0.05) is 35.9 Å². The largest absolute Gasteiger partial charge is 0.355 e. The number of carbonyl (C=O) groups is 1. The summed E-state index contributed by atoms with van der Waals surface area (Å²) in [7, 11) is 0. The van der Waals surface area contributed by atoms with E-state index in [0.717, 1.165) is 11.1 Å². The summed E-state index contributed by atoms with van der Waals surface area (Å²) in [5.41, 5.74) is 2.69. The second-order valence-electron chi connectivity index (χ2n) is 6.84. The van der Waals surface area contributed by atoms with E-state index in [0.29, 0.717) is 17.1 Å². The number of nitrogens with one attached hydrogen (secondary N) is 1. The summed E-state index contributed by atoms with van der Waals surface area (Å²) >= 11 is 0. The maximum atomic E-state index is 12.6. The van der Waals surface area contributed by atoms with Crippen LogP contribution >= 0.6 is 0 Å². The van der Waals surface area contributed by atoms with Gasteiger partial charge in [-0.2, -0.15) is 0 Å². The molecule has 0 aliphatic carbocycles. The highest BCUT2D eigenvalue weighted by Gasteiger charge is 2.14. The second-order valence-corrected chi connectivity index (χ2v) is 6.84. The van der Waals surface area contributed by atoms with Crippen LogP contribution in [0.5, 0.6) is 0 Å². The van der Waals surface area contributed by atoms with Crippen LogP contribution in [0.1, 0.15) is 16.1 Å². The Morgan fingerprint density at radius 3 is 2.74 bits per heavy atom. The molecule has 4 aromatic heterocycles. The Morgan fingerprint density at radius 2 is 1.90 bits per heavy atom. The van der Waals surface area contributed by atoms with Crippen LogP contribution in [0.15, 0.2) is 88.6 Å². The molecule has 1 N–H and O–H groups in total. The molecule has 31 heavy (non-hydrogen) atoms. The molecular formula is C22H16N6O3. The Kier molecular flexibility index (Phi) is 4.60. The van der Waals surface area contributed by atoms with Gasteiger partial charge in [-0.05, 0) is 42.0 Å². The fraction of sp³-hybridized carbons (Fsp3) is 0.0455. The van der Waals surface area contributed by atoms with Crippen LogP contribution in [0.25, 0.3) is 17.0 Å². The van der Waals surface area contributed by atoms with Gasteiger partial charge >= 0.3 is 5.69 Å². The molecule has 0 saturated carbocycles. The molecular weight excluding hydrogens is 396 g/mol. The summed E-state index contributed by atoms with van der Waals surface area (Å²) in [5, 5.41) is 11.0. The number of hydrogen-bond acceptors (Lipinski definition) is 6. The predicted molar refractivity (Wildman–Crippen MR) is 113 cm³/mol. The molecule has 0 bridgehead atoms. The number of carbonyl (C=O) groups excluding carboxylic acids is 1. The zero-order valence-electron chi connectivity index (χ0n) is 16.2. The molecule has 0 aliphatic rings. The molecule has 0 aliphatic heterocycles. The Balaban J connectivity index is 1.33. The van der Waals surface area contributed by atoms with Crippen LogP contribution in [0, 0.1) is 0 Å². The van der Waals surface area contributed by atoms with Gasteiger partial charge in [0.25, 0.3) is 5.91 Å². The van der Waals surface area contributed by atoms with E-state index in [-0.39, 0.29) is 17.9 Å². The van der Waals surface area contributed by atoms with Crippen LogP contribution in [0.2, 0.25) is 0 Å². The molecule has 4 heterocycles. The van der Waals surface area contributed by atoms with Gasteiger partial charge in [-0.1, -0.05) is 23.4 Å². The summed E-state index contributed by atoms with van der Waals surface area (Å²) in [6.07, 6.45) is 4.95. The number of hydrogen-bond donors (Lipinski definition) is 1. The normalized spacial score (nSPS) is 11.0. The summed E-state index contributed by atoms with van der Waals surface area (Å²) in [6.45, 7) is 0.278. The fourth-order valence-electron chi connectivity index (χ4n) is 3.22. The van der Waals surface area contributed by atoms with Gasteiger partial charge in [-0.3, -0.25) is 14.2 Å². The fourth-order valence-corrected chi connectivity index (χ4v) is 3.22. The van der Waals surface area contributed by atoms with Gasteiger partial charge in [0.05, 0.1) is 6.54 Å². The Hall–Kier alpha value is -4.53. The summed E-state index contributed by atoms with van der Waals surface area (Å²) in [5.74, 6) is 0.0821. The number of fused-ring (bicyclic) bond motifs is 1. The van der Waals surface area contributed by atoms with E-state index in [2.05, 4.69) is 20.6 Å². The number of anilines is 1. The number of pyridine rings is 2. The maximum Gasteiger partial charge on any atom is 0.350 e. The van der Waals surface area contributed by atoms with E-state index in [1.54, 1.807) is 67.1 Å². The Morgan fingerprint density at radius 1 is 1.03 bits per heavy atom. The predicted octanol–water partition coefficient (Wildman–Crippen LogP) is 2.85. The minimum atomic E-state index is -0.397. The highest BCUT2D eigenvalue weighted by Crippen LogP contribution is 2.20. The first-order valence-electron chi connectivity index (χ1n) is 9.49. The Labute approximate surface area is 175 Å². The third-order valence-corrected chi connectivity index (χ3v) is 4.71. The lowest BCUT2D eigenvalue weighted by Crippen LogP contribution is -2.21. The van der Waals surface area contributed by atoms with Crippen LogP contribution in [-0.2, 0) is 6.54 Å².